The molecule has 0 radical (unpaired) electrons. The van der Waals surface area contributed by atoms with E-state index in [0.717, 1.165) is 9.13 Å². The molecule has 1 heterocycles. The van der Waals surface area contributed by atoms with E-state index >= 15 is 0 Å². The van der Waals surface area contributed by atoms with Gasteiger partial charge in [0.2, 0.25) is 0 Å². The molecule has 1 aromatic heterocycles. The predicted molar refractivity (Wildman–Crippen MR) is 87.8 cm³/mol. The van der Waals surface area contributed by atoms with Gasteiger partial charge in [0.15, 0.2) is 6.71 Å². The molecule has 1 N–H and O–H groups in total. The molecule has 108 valence electrons. The van der Waals surface area contributed by atoms with Gasteiger partial charge < -0.3 is 0 Å². The third kappa shape index (κ3) is 3.33. The summed E-state index contributed by atoms with van der Waals surface area (Å²) < 4.78 is -0.295. The highest BCUT2D eigenvalue weighted by atomic mass is 79.9. The van der Waals surface area contributed by atoms with Crippen LogP contribution in [0.15, 0.2) is 14.4 Å². The Morgan fingerprint density at radius 1 is 0.895 bits per heavy atom. The molecule has 0 aromatic carbocycles. The highest BCUT2D eigenvalue weighted by Gasteiger charge is 2.33. The average Bonchev–Trinajstić information content (AvgIpc) is 2.27. The fourth-order valence-corrected chi connectivity index (χ4v) is 2.62. The summed E-state index contributed by atoms with van der Waals surface area (Å²) in [7, 11) is 0. The Morgan fingerprint density at radius 3 is 1.47 bits per heavy atom. The molecule has 1 aromatic rings. The van der Waals surface area contributed by atoms with Crippen LogP contribution < -0.4 is 17.1 Å². The first-order valence-corrected chi connectivity index (χ1v) is 8.50. The molecular weight excluding hydrogens is 518 g/mol. The lowest BCUT2D eigenvalue weighted by atomic mass is 10.4. The molecule has 0 aliphatic rings. The number of rotatable bonds is 4. The molecule has 0 unspecified atom stereocenters. The first-order chi connectivity index (χ1) is 8.58. The van der Waals surface area contributed by atoms with Gasteiger partial charge >= 0.3 is 17.1 Å². The van der Waals surface area contributed by atoms with Gasteiger partial charge in [-0.2, -0.15) is 0 Å². The molecule has 0 aliphatic carbocycles. The Bertz CT molecular complexity index is 592. The number of nitrogens with zero attached hydrogens (tertiary/aromatic N) is 2. The van der Waals surface area contributed by atoms with E-state index < -0.39 is 23.8 Å². The first kappa shape index (κ1) is 17.4. The second-order valence-electron chi connectivity index (χ2n) is 3.73. The van der Waals surface area contributed by atoms with Crippen LogP contribution in [0.5, 0.6) is 0 Å². The molecular formula is C9H11Br4N3O3. The largest absolute Gasteiger partial charge is 0.340 e. The molecule has 6 nitrogen and oxygen atoms in total. The molecule has 0 bridgehead atoms. The van der Waals surface area contributed by atoms with Crippen LogP contribution in [0.25, 0.3) is 0 Å². The summed E-state index contributed by atoms with van der Waals surface area (Å²) in [6.45, 7) is 3.56. The zero-order chi connectivity index (χ0) is 15.0. The minimum atomic E-state index is -1.05. The lowest BCUT2D eigenvalue weighted by Gasteiger charge is -2.25. The Kier molecular flexibility index (Phi) is 5.47. The van der Waals surface area contributed by atoms with Gasteiger partial charge in [0, 0.05) is 0 Å². The molecule has 0 saturated carbocycles. The minimum absolute atomic E-state index is 0.415. The Morgan fingerprint density at radius 2 is 1.21 bits per heavy atom. The van der Waals surface area contributed by atoms with Crippen molar-refractivity contribution in [2.24, 2.45) is 0 Å². The number of halogens is 4. The highest BCUT2D eigenvalue weighted by molar-refractivity contribution is 9.25. The molecule has 0 amide bonds. The molecule has 0 fully saturated rings. The molecule has 0 saturated heterocycles. The van der Waals surface area contributed by atoms with Gasteiger partial charge in [-0.1, -0.05) is 13.8 Å². The number of alkyl halides is 4. The number of aromatic amines is 1. The second-order valence-corrected chi connectivity index (χ2v) is 11.1. The Hall–Kier alpha value is 0.330. The Balaban J connectivity index is 3.83. The summed E-state index contributed by atoms with van der Waals surface area (Å²) in [6, 6.07) is 0. The van der Waals surface area contributed by atoms with E-state index in [9.17, 15) is 14.4 Å². The van der Waals surface area contributed by atoms with Crippen molar-refractivity contribution in [3.63, 3.8) is 0 Å². The van der Waals surface area contributed by atoms with Crippen LogP contribution in [-0.2, 0) is 6.71 Å². The highest BCUT2D eigenvalue weighted by Crippen LogP contribution is 2.35. The van der Waals surface area contributed by atoms with Gasteiger partial charge in [-0.3, -0.25) is 4.98 Å². The van der Waals surface area contributed by atoms with Crippen LogP contribution >= 0.6 is 63.7 Å². The van der Waals surface area contributed by atoms with E-state index in [4.69, 9.17) is 0 Å². The zero-order valence-corrected chi connectivity index (χ0v) is 16.4. The summed E-state index contributed by atoms with van der Waals surface area (Å²) >= 11 is 13.0. The zero-order valence-electron chi connectivity index (χ0n) is 10.0. The first-order valence-electron chi connectivity index (χ1n) is 5.33. The molecule has 0 atom stereocenters. The van der Waals surface area contributed by atoms with Crippen molar-refractivity contribution in [2.75, 3.05) is 0 Å². The summed E-state index contributed by atoms with van der Waals surface area (Å²) in [5.74, 6) is 0. The smallest absolute Gasteiger partial charge is 0.259 e. The number of hydrogen-bond donors (Lipinski definition) is 1. The topological polar surface area (TPSA) is 76.9 Å². The predicted octanol–water partition coefficient (Wildman–Crippen LogP) is 2.32. The van der Waals surface area contributed by atoms with E-state index in [1.807, 2.05) is 0 Å². The van der Waals surface area contributed by atoms with Gasteiger partial charge in [0.25, 0.3) is 0 Å². The summed E-state index contributed by atoms with van der Waals surface area (Å²) in [5, 5.41) is 0. The molecule has 10 heteroatoms. The van der Waals surface area contributed by atoms with Crippen molar-refractivity contribution in [2.45, 2.75) is 33.4 Å². The van der Waals surface area contributed by atoms with Crippen LogP contribution in [0.2, 0.25) is 0 Å². The quantitative estimate of drug-likeness (QED) is 0.610. The van der Waals surface area contributed by atoms with E-state index in [0.29, 0.717) is 12.8 Å². The normalized spacial score (nSPS) is 12.7. The summed E-state index contributed by atoms with van der Waals surface area (Å²) in [5.41, 5.74) is -2.30. The van der Waals surface area contributed by atoms with Crippen molar-refractivity contribution >= 4 is 63.7 Å². The van der Waals surface area contributed by atoms with Crippen molar-refractivity contribution in [3.8, 4) is 0 Å². The SMILES string of the molecule is CCC(Br)(Br)n1c(=O)[nH]c(=O)n(C(Br)(Br)CC)c1=O. The van der Waals surface area contributed by atoms with Gasteiger partial charge in [-0.25, -0.2) is 23.5 Å². The maximum Gasteiger partial charge on any atom is 0.340 e. The lowest BCUT2D eigenvalue weighted by molar-refractivity contribution is 0.465. The van der Waals surface area contributed by atoms with Crippen molar-refractivity contribution < 1.29 is 0 Å². The monoisotopic (exact) mass is 525 g/mol. The van der Waals surface area contributed by atoms with Crippen LogP contribution in [0.4, 0.5) is 0 Å². The van der Waals surface area contributed by atoms with Crippen molar-refractivity contribution in [1.82, 2.24) is 14.1 Å². The summed E-state index contributed by atoms with van der Waals surface area (Å²) in [4.78, 5) is 38.2. The average molecular weight is 529 g/mol. The van der Waals surface area contributed by atoms with Gasteiger partial charge in [-0.05, 0) is 76.6 Å². The fraction of sp³-hybridized carbons (Fsp3) is 0.667. The van der Waals surface area contributed by atoms with Crippen LogP contribution in [0, 0.1) is 0 Å². The third-order valence-electron chi connectivity index (χ3n) is 2.51. The van der Waals surface area contributed by atoms with Gasteiger partial charge in [0.05, 0.1) is 0 Å². The summed E-state index contributed by atoms with van der Waals surface area (Å²) in [6.07, 6.45) is 0.829. The number of H-pyrrole nitrogens is 1. The van der Waals surface area contributed by atoms with E-state index in [1.54, 1.807) is 13.8 Å². The fourth-order valence-electron chi connectivity index (χ4n) is 1.37. The molecule has 1 rings (SSSR count). The lowest BCUT2D eigenvalue weighted by Crippen LogP contribution is -2.56. The van der Waals surface area contributed by atoms with E-state index in [1.165, 1.54) is 0 Å². The van der Waals surface area contributed by atoms with Crippen LogP contribution in [0.3, 0.4) is 0 Å². The maximum absolute atomic E-state index is 12.4. The van der Waals surface area contributed by atoms with E-state index in [2.05, 4.69) is 68.7 Å². The van der Waals surface area contributed by atoms with E-state index in [-0.39, 0.29) is 0 Å². The van der Waals surface area contributed by atoms with Crippen molar-refractivity contribution in [3.05, 3.63) is 31.5 Å². The number of aromatic nitrogens is 3. The van der Waals surface area contributed by atoms with Gasteiger partial charge in [0.1, 0.15) is 0 Å². The number of hydrogen-bond acceptors (Lipinski definition) is 3. The van der Waals surface area contributed by atoms with Crippen molar-refractivity contribution in [1.29, 1.82) is 0 Å². The maximum atomic E-state index is 12.4. The third-order valence-corrected chi connectivity index (χ3v) is 6.17. The molecule has 0 spiro atoms. The molecule has 0 aliphatic heterocycles. The number of nitrogens with one attached hydrogen (secondary N) is 1. The minimum Gasteiger partial charge on any atom is -0.259 e. The van der Waals surface area contributed by atoms with Gasteiger partial charge in [-0.15, -0.1) is 0 Å². The van der Waals surface area contributed by atoms with Crippen LogP contribution in [-0.4, -0.2) is 14.1 Å². The standard InChI is InChI=1S/C9H11Br4N3O3/c1-3-8(10,11)15-5(17)14-6(18)16(7(15)19)9(12,13)4-2/h3-4H2,1-2H3,(H,14,17,18). The Labute approximate surface area is 142 Å². The van der Waals surface area contributed by atoms with Crippen LogP contribution in [0.1, 0.15) is 26.7 Å². The molecule has 19 heavy (non-hydrogen) atoms. The second kappa shape index (κ2) is 5.98.